The van der Waals surface area contributed by atoms with E-state index in [1.165, 1.54) is 0 Å². The summed E-state index contributed by atoms with van der Waals surface area (Å²) in [4.78, 5) is 14.1. The SMILES string of the molecule is CCC(C)Nc1ncnc2c1sc1ncccc12. The van der Waals surface area contributed by atoms with Crippen LogP contribution in [0.5, 0.6) is 0 Å². The first-order valence-corrected chi connectivity index (χ1v) is 6.86. The van der Waals surface area contributed by atoms with Crippen LogP contribution in [0.1, 0.15) is 20.3 Å². The molecule has 1 N–H and O–H groups in total. The molecule has 0 bridgehead atoms. The van der Waals surface area contributed by atoms with Crippen molar-refractivity contribution in [1.29, 1.82) is 0 Å². The third-order valence-electron chi connectivity index (χ3n) is 3.02. The van der Waals surface area contributed by atoms with Crippen molar-refractivity contribution in [1.82, 2.24) is 15.0 Å². The highest BCUT2D eigenvalue weighted by Gasteiger charge is 2.12. The average molecular weight is 258 g/mol. The predicted octanol–water partition coefficient (Wildman–Crippen LogP) is 3.45. The molecular formula is C13H14N4S. The van der Waals surface area contributed by atoms with E-state index in [9.17, 15) is 0 Å². The Kier molecular flexibility index (Phi) is 2.83. The first-order valence-electron chi connectivity index (χ1n) is 6.04. The molecule has 4 nitrogen and oxygen atoms in total. The molecule has 0 spiro atoms. The van der Waals surface area contributed by atoms with E-state index in [0.29, 0.717) is 6.04 Å². The van der Waals surface area contributed by atoms with Gasteiger partial charge >= 0.3 is 0 Å². The summed E-state index contributed by atoms with van der Waals surface area (Å²) < 4.78 is 1.09. The van der Waals surface area contributed by atoms with Crippen LogP contribution in [0.2, 0.25) is 0 Å². The van der Waals surface area contributed by atoms with Crippen molar-refractivity contribution in [2.24, 2.45) is 0 Å². The van der Waals surface area contributed by atoms with E-state index in [0.717, 1.165) is 32.7 Å². The summed E-state index contributed by atoms with van der Waals surface area (Å²) in [7, 11) is 0. The molecule has 0 radical (unpaired) electrons. The van der Waals surface area contributed by atoms with E-state index in [2.05, 4.69) is 40.2 Å². The number of fused-ring (bicyclic) bond motifs is 3. The summed E-state index contributed by atoms with van der Waals surface area (Å²) >= 11 is 1.64. The van der Waals surface area contributed by atoms with Gasteiger partial charge in [-0.05, 0) is 25.5 Å². The molecule has 0 saturated heterocycles. The van der Waals surface area contributed by atoms with Crippen molar-refractivity contribution < 1.29 is 0 Å². The number of nitrogens with zero attached hydrogens (tertiary/aromatic N) is 3. The van der Waals surface area contributed by atoms with Gasteiger partial charge in [0.1, 0.15) is 17.0 Å². The Hall–Kier alpha value is -1.75. The van der Waals surface area contributed by atoms with Gasteiger partial charge < -0.3 is 5.32 Å². The summed E-state index contributed by atoms with van der Waals surface area (Å²) in [6.45, 7) is 4.31. The van der Waals surface area contributed by atoms with Crippen LogP contribution in [0.3, 0.4) is 0 Å². The Bertz CT molecular complexity index is 692. The van der Waals surface area contributed by atoms with Crippen molar-refractivity contribution in [3.05, 3.63) is 24.7 Å². The monoisotopic (exact) mass is 258 g/mol. The van der Waals surface area contributed by atoms with Crippen LogP contribution < -0.4 is 5.32 Å². The first kappa shape index (κ1) is 11.3. The van der Waals surface area contributed by atoms with E-state index in [-0.39, 0.29) is 0 Å². The third-order valence-corrected chi connectivity index (χ3v) is 4.13. The van der Waals surface area contributed by atoms with Gasteiger partial charge in [0.05, 0.1) is 10.2 Å². The second kappa shape index (κ2) is 4.49. The third kappa shape index (κ3) is 1.80. The zero-order chi connectivity index (χ0) is 12.5. The van der Waals surface area contributed by atoms with Crippen LogP contribution in [0.4, 0.5) is 5.82 Å². The molecule has 5 heteroatoms. The Morgan fingerprint density at radius 3 is 3.06 bits per heavy atom. The maximum absolute atomic E-state index is 4.38. The largest absolute Gasteiger partial charge is 0.366 e. The number of hydrogen-bond donors (Lipinski definition) is 1. The fourth-order valence-electron chi connectivity index (χ4n) is 1.85. The topological polar surface area (TPSA) is 50.7 Å². The Morgan fingerprint density at radius 1 is 1.33 bits per heavy atom. The van der Waals surface area contributed by atoms with Crippen LogP contribution in [-0.4, -0.2) is 21.0 Å². The van der Waals surface area contributed by atoms with Crippen LogP contribution in [-0.2, 0) is 0 Å². The molecule has 3 aromatic heterocycles. The predicted molar refractivity (Wildman–Crippen MR) is 76.1 cm³/mol. The maximum atomic E-state index is 4.38. The van der Waals surface area contributed by atoms with Crippen molar-refractivity contribution >= 4 is 37.6 Å². The zero-order valence-corrected chi connectivity index (χ0v) is 11.2. The molecule has 18 heavy (non-hydrogen) atoms. The Balaban J connectivity index is 2.21. The lowest BCUT2D eigenvalue weighted by Gasteiger charge is -2.11. The minimum Gasteiger partial charge on any atom is -0.366 e. The highest BCUT2D eigenvalue weighted by molar-refractivity contribution is 7.25. The van der Waals surface area contributed by atoms with Gasteiger partial charge in [-0.3, -0.25) is 0 Å². The molecule has 0 aliphatic rings. The molecule has 0 aromatic carbocycles. The number of aromatic nitrogens is 3. The van der Waals surface area contributed by atoms with Gasteiger partial charge in [-0.25, -0.2) is 15.0 Å². The van der Waals surface area contributed by atoms with Crippen molar-refractivity contribution in [2.45, 2.75) is 26.3 Å². The molecule has 3 aromatic rings. The lowest BCUT2D eigenvalue weighted by molar-refractivity contribution is 0.760. The van der Waals surface area contributed by atoms with Crippen molar-refractivity contribution in [3.8, 4) is 0 Å². The van der Waals surface area contributed by atoms with Crippen molar-refractivity contribution in [2.75, 3.05) is 5.32 Å². The normalized spacial score (nSPS) is 13.0. The van der Waals surface area contributed by atoms with Gasteiger partial charge in [0.25, 0.3) is 0 Å². The number of nitrogens with one attached hydrogen (secondary N) is 1. The molecule has 0 saturated carbocycles. The molecule has 0 aliphatic heterocycles. The van der Waals surface area contributed by atoms with Crippen molar-refractivity contribution in [3.63, 3.8) is 0 Å². The first-order chi connectivity index (χ1) is 8.79. The van der Waals surface area contributed by atoms with Crippen LogP contribution in [0.25, 0.3) is 20.4 Å². The molecule has 0 fully saturated rings. The molecule has 1 atom stereocenters. The fraction of sp³-hybridized carbons (Fsp3) is 0.308. The van der Waals surface area contributed by atoms with Crippen LogP contribution >= 0.6 is 11.3 Å². The summed E-state index contributed by atoms with van der Waals surface area (Å²) in [6.07, 6.45) is 4.49. The van der Waals surface area contributed by atoms with E-state index in [1.54, 1.807) is 17.7 Å². The molecule has 3 rings (SSSR count). The Labute approximate surface area is 109 Å². The number of anilines is 1. The number of thiophene rings is 1. The van der Waals surface area contributed by atoms with E-state index in [1.807, 2.05) is 12.3 Å². The molecule has 0 amide bonds. The lowest BCUT2D eigenvalue weighted by Crippen LogP contribution is -2.14. The number of hydrogen-bond acceptors (Lipinski definition) is 5. The van der Waals surface area contributed by atoms with Crippen LogP contribution in [0, 0.1) is 0 Å². The van der Waals surface area contributed by atoms with Crippen LogP contribution in [0.15, 0.2) is 24.7 Å². The molecular weight excluding hydrogens is 244 g/mol. The van der Waals surface area contributed by atoms with Gasteiger partial charge in [-0.15, -0.1) is 11.3 Å². The summed E-state index contributed by atoms with van der Waals surface area (Å²) in [5.41, 5.74) is 0.990. The van der Waals surface area contributed by atoms with Gasteiger partial charge in [0.2, 0.25) is 0 Å². The molecule has 3 heterocycles. The zero-order valence-electron chi connectivity index (χ0n) is 10.3. The summed E-state index contributed by atoms with van der Waals surface area (Å²) in [6, 6.07) is 4.40. The molecule has 1 unspecified atom stereocenters. The van der Waals surface area contributed by atoms with Gasteiger partial charge in [-0.2, -0.15) is 0 Å². The average Bonchev–Trinajstić information content (AvgIpc) is 2.78. The smallest absolute Gasteiger partial charge is 0.147 e. The summed E-state index contributed by atoms with van der Waals surface area (Å²) in [5, 5.41) is 4.53. The van der Waals surface area contributed by atoms with E-state index in [4.69, 9.17) is 0 Å². The second-order valence-electron chi connectivity index (χ2n) is 4.31. The number of rotatable bonds is 3. The molecule has 0 aliphatic carbocycles. The lowest BCUT2D eigenvalue weighted by atomic mass is 10.2. The highest BCUT2D eigenvalue weighted by atomic mass is 32.1. The van der Waals surface area contributed by atoms with E-state index >= 15 is 0 Å². The maximum Gasteiger partial charge on any atom is 0.147 e. The van der Waals surface area contributed by atoms with Gasteiger partial charge in [0.15, 0.2) is 0 Å². The van der Waals surface area contributed by atoms with Gasteiger partial charge in [-0.1, -0.05) is 6.92 Å². The Morgan fingerprint density at radius 2 is 2.22 bits per heavy atom. The number of pyridine rings is 1. The summed E-state index contributed by atoms with van der Waals surface area (Å²) in [5.74, 6) is 0.914. The minimum absolute atomic E-state index is 0.404. The molecule has 92 valence electrons. The highest BCUT2D eigenvalue weighted by Crippen LogP contribution is 2.34. The van der Waals surface area contributed by atoms with E-state index < -0.39 is 0 Å². The van der Waals surface area contributed by atoms with Gasteiger partial charge in [0, 0.05) is 17.6 Å². The standard InChI is InChI=1S/C13H14N4S/c1-3-8(2)17-12-11-10(15-7-16-12)9-5-4-6-14-13(9)18-11/h4-8H,3H2,1-2H3,(H,15,16,17). The second-order valence-corrected chi connectivity index (χ2v) is 5.31. The quantitative estimate of drug-likeness (QED) is 0.781. The minimum atomic E-state index is 0.404. The fourth-order valence-corrected chi connectivity index (χ4v) is 2.90.